The Bertz CT molecular complexity index is 206. The number of aliphatic hydroxyl groups excluding tert-OH is 1. The zero-order valence-corrected chi connectivity index (χ0v) is 10.3. The van der Waals surface area contributed by atoms with E-state index < -0.39 is 0 Å². The van der Waals surface area contributed by atoms with E-state index in [0.717, 1.165) is 26.2 Å². The van der Waals surface area contributed by atoms with Crippen molar-refractivity contribution in [3.63, 3.8) is 0 Å². The van der Waals surface area contributed by atoms with Crippen LogP contribution in [-0.4, -0.2) is 71.6 Å². The van der Waals surface area contributed by atoms with Gasteiger partial charge in [0.15, 0.2) is 0 Å². The van der Waals surface area contributed by atoms with E-state index in [1.807, 2.05) is 11.8 Å². The van der Waals surface area contributed by atoms with Gasteiger partial charge in [-0.05, 0) is 7.05 Å². The number of rotatable bonds is 4. The molecule has 5 heteroatoms. The molecule has 0 aliphatic carbocycles. The third-order valence-corrected chi connectivity index (χ3v) is 3.74. The largest absolute Gasteiger partial charge is 0.395 e. The number of amides is 1. The van der Waals surface area contributed by atoms with Gasteiger partial charge in [-0.1, -0.05) is 6.92 Å². The van der Waals surface area contributed by atoms with Crippen molar-refractivity contribution in [3.05, 3.63) is 0 Å². The number of hydrogen-bond acceptors (Lipinski definition) is 4. The van der Waals surface area contributed by atoms with Gasteiger partial charge in [0.25, 0.3) is 0 Å². The van der Waals surface area contributed by atoms with Crippen molar-refractivity contribution in [1.82, 2.24) is 9.80 Å². The fraction of sp³-hybridized carbons (Fsp3) is 0.900. The Morgan fingerprint density at radius 2 is 2.00 bits per heavy atom. The van der Waals surface area contributed by atoms with Crippen LogP contribution in [0.25, 0.3) is 0 Å². The zero-order valence-electron chi connectivity index (χ0n) is 9.48. The average molecular weight is 232 g/mol. The van der Waals surface area contributed by atoms with Crippen molar-refractivity contribution in [2.75, 3.05) is 45.6 Å². The first-order valence-corrected chi connectivity index (χ1v) is 6.37. The smallest absolute Gasteiger partial charge is 0.232 e. The molecule has 1 N–H and O–H groups in total. The standard InChI is InChI=1S/C10H20N2O2S/c1-9(7-13)15-8-10(14)12-5-3-11(2)4-6-12/h9,13H,3-8H2,1-2H3. The maximum Gasteiger partial charge on any atom is 0.232 e. The summed E-state index contributed by atoms with van der Waals surface area (Å²) in [5.41, 5.74) is 0. The molecule has 1 atom stereocenters. The van der Waals surface area contributed by atoms with Crippen molar-refractivity contribution in [3.8, 4) is 0 Å². The fourth-order valence-corrected chi connectivity index (χ4v) is 2.13. The number of carbonyl (C=O) groups is 1. The quantitative estimate of drug-likeness (QED) is 0.733. The highest BCUT2D eigenvalue weighted by Gasteiger charge is 2.19. The summed E-state index contributed by atoms with van der Waals surface area (Å²) >= 11 is 1.52. The Hall–Kier alpha value is -0.260. The Morgan fingerprint density at radius 1 is 1.40 bits per heavy atom. The van der Waals surface area contributed by atoms with Crippen molar-refractivity contribution in [1.29, 1.82) is 0 Å². The lowest BCUT2D eigenvalue weighted by atomic mass is 10.3. The first-order valence-electron chi connectivity index (χ1n) is 5.32. The van der Waals surface area contributed by atoms with Crippen LogP contribution < -0.4 is 0 Å². The summed E-state index contributed by atoms with van der Waals surface area (Å²) < 4.78 is 0. The molecule has 0 aromatic heterocycles. The SMILES string of the molecule is CC(CO)SCC(=O)N1CCN(C)CC1. The molecule has 1 saturated heterocycles. The highest BCUT2D eigenvalue weighted by atomic mass is 32.2. The third-order valence-electron chi connectivity index (χ3n) is 2.60. The average Bonchev–Trinajstić information content (AvgIpc) is 2.26. The molecule has 1 aliphatic rings. The fourth-order valence-electron chi connectivity index (χ4n) is 1.41. The second kappa shape index (κ2) is 6.35. The minimum atomic E-state index is 0.140. The summed E-state index contributed by atoms with van der Waals surface area (Å²) in [4.78, 5) is 15.9. The molecular formula is C10H20N2O2S. The predicted molar refractivity (Wildman–Crippen MR) is 63.1 cm³/mol. The van der Waals surface area contributed by atoms with E-state index in [2.05, 4.69) is 11.9 Å². The minimum absolute atomic E-state index is 0.140. The maximum atomic E-state index is 11.7. The number of thioether (sulfide) groups is 1. The van der Waals surface area contributed by atoms with Crippen molar-refractivity contribution in [2.45, 2.75) is 12.2 Å². The van der Waals surface area contributed by atoms with Crippen LogP contribution in [0.2, 0.25) is 0 Å². The lowest BCUT2D eigenvalue weighted by Crippen LogP contribution is -2.47. The second-order valence-corrected chi connectivity index (χ2v) is 5.42. The summed E-state index contributed by atoms with van der Waals surface area (Å²) in [6.07, 6.45) is 0. The molecular weight excluding hydrogens is 212 g/mol. The summed E-state index contributed by atoms with van der Waals surface area (Å²) in [7, 11) is 2.07. The monoisotopic (exact) mass is 232 g/mol. The predicted octanol–water partition coefficient (Wildman–Crippen LogP) is -0.126. The summed E-state index contributed by atoms with van der Waals surface area (Å²) in [6.45, 7) is 5.67. The van der Waals surface area contributed by atoms with E-state index in [1.165, 1.54) is 11.8 Å². The molecule has 15 heavy (non-hydrogen) atoms. The van der Waals surface area contributed by atoms with Gasteiger partial charge in [-0.15, -0.1) is 11.8 Å². The van der Waals surface area contributed by atoms with Crippen LogP contribution in [0, 0.1) is 0 Å². The number of likely N-dealkylation sites (N-methyl/N-ethyl adjacent to an activating group) is 1. The van der Waals surface area contributed by atoms with Crippen LogP contribution >= 0.6 is 11.8 Å². The first-order chi connectivity index (χ1) is 7.13. The van der Waals surface area contributed by atoms with Crippen LogP contribution in [-0.2, 0) is 4.79 Å². The zero-order chi connectivity index (χ0) is 11.3. The Kier molecular flexibility index (Phi) is 5.42. The molecule has 1 heterocycles. The Labute approximate surface area is 95.6 Å². The molecule has 1 fully saturated rings. The molecule has 0 saturated carbocycles. The molecule has 0 aromatic rings. The van der Waals surface area contributed by atoms with Gasteiger partial charge >= 0.3 is 0 Å². The van der Waals surface area contributed by atoms with Gasteiger partial charge in [-0.2, -0.15) is 0 Å². The second-order valence-electron chi connectivity index (χ2n) is 3.99. The molecule has 1 rings (SSSR count). The number of nitrogens with zero attached hydrogens (tertiary/aromatic N) is 2. The number of carbonyl (C=O) groups excluding carboxylic acids is 1. The van der Waals surface area contributed by atoms with Gasteiger partial charge < -0.3 is 14.9 Å². The van der Waals surface area contributed by atoms with E-state index in [-0.39, 0.29) is 17.8 Å². The minimum Gasteiger partial charge on any atom is -0.395 e. The molecule has 0 aromatic carbocycles. The first kappa shape index (κ1) is 12.8. The molecule has 1 unspecified atom stereocenters. The topological polar surface area (TPSA) is 43.8 Å². The third kappa shape index (κ3) is 4.40. The lowest BCUT2D eigenvalue weighted by Gasteiger charge is -2.32. The summed E-state index contributed by atoms with van der Waals surface area (Å²) in [6, 6.07) is 0. The molecule has 1 aliphatic heterocycles. The Balaban J connectivity index is 2.22. The van der Waals surface area contributed by atoms with Crippen molar-refractivity contribution >= 4 is 17.7 Å². The molecule has 0 spiro atoms. The normalized spacial score (nSPS) is 20.3. The number of hydrogen-bond donors (Lipinski definition) is 1. The van der Waals surface area contributed by atoms with Crippen LogP contribution in [0.5, 0.6) is 0 Å². The number of aliphatic hydroxyl groups is 1. The van der Waals surface area contributed by atoms with Gasteiger partial charge in [-0.3, -0.25) is 4.79 Å². The van der Waals surface area contributed by atoms with Gasteiger partial charge in [0.2, 0.25) is 5.91 Å². The van der Waals surface area contributed by atoms with Crippen molar-refractivity contribution in [2.24, 2.45) is 0 Å². The molecule has 1 amide bonds. The maximum absolute atomic E-state index is 11.7. The van der Waals surface area contributed by atoms with Gasteiger partial charge in [0.1, 0.15) is 0 Å². The van der Waals surface area contributed by atoms with E-state index in [0.29, 0.717) is 5.75 Å². The van der Waals surface area contributed by atoms with E-state index in [9.17, 15) is 4.79 Å². The van der Waals surface area contributed by atoms with Gasteiger partial charge in [-0.25, -0.2) is 0 Å². The van der Waals surface area contributed by atoms with Crippen LogP contribution in [0.3, 0.4) is 0 Å². The molecule has 4 nitrogen and oxygen atoms in total. The highest BCUT2D eigenvalue weighted by molar-refractivity contribution is 8.00. The summed E-state index contributed by atoms with van der Waals surface area (Å²) in [5, 5.41) is 8.99. The van der Waals surface area contributed by atoms with Gasteiger partial charge in [0, 0.05) is 31.4 Å². The molecule has 0 radical (unpaired) electrons. The lowest BCUT2D eigenvalue weighted by molar-refractivity contribution is -0.129. The Morgan fingerprint density at radius 3 is 2.53 bits per heavy atom. The molecule has 0 bridgehead atoms. The number of piperazine rings is 1. The van der Waals surface area contributed by atoms with Gasteiger partial charge in [0.05, 0.1) is 12.4 Å². The van der Waals surface area contributed by atoms with Crippen LogP contribution in [0.4, 0.5) is 0 Å². The highest BCUT2D eigenvalue weighted by Crippen LogP contribution is 2.11. The van der Waals surface area contributed by atoms with Crippen LogP contribution in [0.1, 0.15) is 6.92 Å². The van der Waals surface area contributed by atoms with Crippen LogP contribution in [0.15, 0.2) is 0 Å². The van der Waals surface area contributed by atoms with E-state index >= 15 is 0 Å². The summed E-state index contributed by atoms with van der Waals surface area (Å²) in [5.74, 6) is 0.694. The van der Waals surface area contributed by atoms with E-state index in [4.69, 9.17) is 5.11 Å². The molecule has 88 valence electrons. The van der Waals surface area contributed by atoms with E-state index in [1.54, 1.807) is 0 Å². The van der Waals surface area contributed by atoms with Crippen molar-refractivity contribution < 1.29 is 9.90 Å².